The maximum atomic E-state index is 5.91. The molecule has 0 unspecified atom stereocenters. The highest BCUT2D eigenvalue weighted by molar-refractivity contribution is 7.09. The molecule has 0 aliphatic heterocycles. The van der Waals surface area contributed by atoms with E-state index in [-0.39, 0.29) is 0 Å². The van der Waals surface area contributed by atoms with Crippen molar-refractivity contribution in [3.63, 3.8) is 0 Å². The molecular formula is C15H20N2S. The van der Waals surface area contributed by atoms with Gasteiger partial charge < -0.3 is 10.6 Å². The zero-order valence-electron chi connectivity index (χ0n) is 11.2. The van der Waals surface area contributed by atoms with E-state index in [9.17, 15) is 0 Å². The molecule has 1 aromatic heterocycles. The first kappa shape index (κ1) is 13.0. The molecule has 0 aliphatic rings. The van der Waals surface area contributed by atoms with Crippen molar-refractivity contribution in [1.82, 2.24) is 0 Å². The molecule has 2 N–H and O–H groups in total. The minimum Gasteiger partial charge on any atom is -0.399 e. The minimum atomic E-state index is 0.451. The molecule has 2 rings (SSSR count). The molecule has 0 atom stereocenters. The van der Waals surface area contributed by atoms with Gasteiger partial charge in [0.2, 0.25) is 0 Å². The van der Waals surface area contributed by atoms with Crippen molar-refractivity contribution < 1.29 is 0 Å². The van der Waals surface area contributed by atoms with E-state index < -0.39 is 0 Å². The minimum absolute atomic E-state index is 0.451. The summed E-state index contributed by atoms with van der Waals surface area (Å²) >= 11 is 1.80. The van der Waals surface area contributed by atoms with Crippen LogP contribution < -0.4 is 10.6 Å². The summed E-state index contributed by atoms with van der Waals surface area (Å²) in [6.45, 7) is 7.52. The summed E-state index contributed by atoms with van der Waals surface area (Å²) in [7, 11) is 0. The number of nitrogens with zero attached hydrogens (tertiary/aromatic N) is 1. The predicted octanol–water partition coefficient (Wildman–Crippen LogP) is 4.05. The van der Waals surface area contributed by atoms with Crippen molar-refractivity contribution in [1.29, 1.82) is 0 Å². The molecule has 2 aromatic rings. The van der Waals surface area contributed by atoms with Crippen LogP contribution in [0.25, 0.3) is 0 Å². The van der Waals surface area contributed by atoms with Gasteiger partial charge in [0.05, 0.1) is 6.54 Å². The number of rotatable bonds is 4. The van der Waals surface area contributed by atoms with E-state index in [4.69, 9.17) is 5.73 Å². The molecule has 0 spiro atoms. The van der Waals surface area contributed by atoms with Crippen LogP contribution in [0.3, 0.4) is 0 Å². The largest absolute Gasteiger partial charge is 0.399 e. The highest BCUT2D eigenvalue weighted by atomic mass is 32.1. The monoisotopic (exact) mass is 260 g/mol. The Morgan fingerprint density at radius 2 is 2.06 bits per heavy atom. The van der Waals surface area contributed by atoms with Crippen molar-refractivity contribution in [2.45, 2.75) is 33.4 Å². The van der Waals surface area contributed by atoms with E-state index in [1.54, 1.807) is 11.3 Å². The van der Waals surface area contributed by atoms with Gasteiger partial charge in [-0.15, -0.1) is 11.3 Å². The average Bonchev–Trinajstić information content (AvgIpc) is 2.82. The lowest BCUT2D eigenvalue weighted by Gasteiger charge is -2.30. The van der Waals surface area contributed by atoms with Crippen LogP contribution in [0.5, 0.6) is 0 Å². The Labute approximate surface area is 113 Å². The Morgan fingerprint density at radius 1 is 1.28 bits per heavy atom. The van der Waals surface area contributed by atoms with Crippen LogP contribution in [0, 0.1) is 6.92 Å². The van der Waals surface area contributed by atoms with Crippen LogP contribution in [-0.2, 0) is 6.54 Å². The van der Waals surface area contributed by atoms with Crippen LogP contribution in [0.1, 0.15) is 24.3 Å². The zero-order valence-corrected chi connectivity index (χ0v) is 12.0. The second-order valence-electron chi connectivity index (χ2n) is 4.85. The number of aryl methyl sites for hydroxylation is 1. The number of thiophene rings is 1. The average molecular weight is 260 g/mol. The van der Waals surface area contributed by atoms with Gasteiger partial charge in [-0.25, -0.2) is 0 Å². The Morgan fingerprint density at radius 3 is 2.67 bits per heavy atom. The molecule has 1 aromatic carbocycles. The molecule has 0 bridgehead atoms. The van der Waals surface area contributed by atoms with Gasteiger partial charge in [0, 0.05) is 22.3 Å². The molecule has 2 nitrogen and oxygen atoms in total. The van der Waals surface area contributed by atoms with Gasteiger partial charge in [-0.2, -0.15) is 0 Å². The van der Waals surface area contributed by atoms with E-state index >= 15 is 0 Å². The Balaban J connectivity index is 2.32. The van der Waals surface area contributed by atoms with E-state index in [0.717, 1.165) is 12.2 Å². The summed E-state index contributed by atoms with van der Waals surface area (Å²) < 4.78 is 0. The third-order valence-electron chi connectivity index (χ3n) is 3.07. The maximum Gasteiger partial charge on any atom is 0.0525 e. The van der Waals surface area contributed by atoms with E-state index in [2.05, 4.69) is 55.3 Å². The lowest BCUT2D eigenvalue weighted by Crippen LogP contribution is -2.30. The summed E-state index contributed by atoms with van der Waals surface area (Å²) in [5.74, 6) is 0. The third kappa shape index (κ3) is 2.85. The molecule has 1 heterocycles. The number of nitrogens with two attached hydrogens (primary N) is 1. The second kappa shape index (κ2) is 5.44. The molecule has 0 fully saturated rings. The van der Waals surface area contributed by atoms with Gasteiger partial charge in [0.1, 0.15) is 0 Å². The maximum absolute atomic E-state index is 5.91. The smallest absolute Gasteiger partial charge is 0.0525 e. The summed E-state index contributed by atoms with van der Waals surface area (Å²) in [6.07, 6.45) is 0. The number of hydrogen-bond donors (Lipinski definition) is 1. The Hall–Kier alpha value is -1.48. The van der Waals surface area contributed by atoms with E-state index in [0.29, 0.717) is 6.04 Å². The van der Waals surface area contributed by atoms with Crippen LogP contribution >= 0.6 is 11.3 Å². The standard InChI is InChI=1S/C15H20N2S/c1-11(2)17(10-14-5-4-8-18-14)15-9-13(16)7-6-12(15)3/h4-9,11H,10,16H2,1-3H3. The quantitative estimate of drug-likeness (QED) is 0.840. The number of hydrogen-bond acceptors (Lipinski definition) is 3. The van der Waals surface area contributed by atoms with E-state index in [1.807, 2.05) is 6.07 Å². The van der Waals surface area contributed by atoms with Crippen LogP contribution in [-0.4, -0.2) is 6.04 Å². The molecule has 3 heteroatoms. The van der Waals surface area contributed by atoms with Gasteiger partial charge in [0.15, 0.2) is 0 Å². The lowest BCUT2D eigenvalue weighted by molar-refractivity contribution is 0.685. The van der Waals surface area contributed by atoms with Crippen LogP contribution in [0.2, 0.25) is 0 Å². The van der Waals surface area contributed by atoms with Crippen LogP contribution in [0.4, 0.5) is 11.4 Å². The predicted molar refractivity (Wildman–Crippen MR) is 81.2 cm³/mol. The number of benzene rings is 1. The molecule has 0 amide bonds. The lowest BCUT2D eigenvalue weighted by atomic mass is 10.1. The van der Waals surface area contributed by atoms with Crippen molar-refractivity contribution in [2.75, 3.05) is 10.6 Å². The molecule has 96 valence electrons. The third-order valence-corrected chi connectivity index (χ3v) is 3.93. The summed E-state index contributed by atoms with van der Waals surface area (Å²) in [6, 6.07) is 10.9. The SMILES string of the molecule is Cc1ccc(N)cc1N(Cc1cccs1)C(C)C. The fourth-order valence-corrected chi connectivity index (χ4v) is 2.75. The number of anilines is 2. The van der Waals surface area contributed by atoms with Gasteiger partial charge in [-0.05, 0) is 49.9 Å². The van der Waals surface area contributed by atoms with Gasteiger partial charge in [0.25, 0.3) is 0 Å². The van der Waals surface area contributed by atoms with Crippen LogP contribution in [0.15, 0.2) is 35.7 Å². The Bertz CT molecular complexity index is 503. The van der Waals surface area contributed by atoms with Crippen molar-refractivity contribution in [2.24, 2.45) is 0 Å². The Kier molecular flexibility index (Phi) is 3.92. The topological polar surface area (TPSA) is 29.3 Å². The normalized spacial score (nSPS) is 10.9. The molecule has 0 saturated heterocycles. The molecule has 0 radical (unpaired) electrons. The van der Waals surface area contributed by atoms with Gasteiger partial charge in [-0.1, -0.05) is 12.1 Å². The van der Waals surface area contributed by atoms with Crippen molar-refractivity contribution in [3.05, 3.63) is 46.2 Å². The summed E-state index contributed by atoms with van der Waals surface area (Å²) in [5, 5.41) is 2.13. The molecule has 0 saturated carbocycles. The first-order chi connectivity index (χ1) is 8.58. The first-order valence-electron chi connectivity index (χ1n) is 6.23. The van der Waals surface area contributed by atoms with Gasteiger partial charge >= 0.3 is 0 Å². The van der Waals surface area contributed by atoms with Gasteiger partial charge in [-0.3, -0.25) is 0 Å². The molecule has 0 aliphatic carbocycles. The molecular weight excluding hydrogens is 240 g/mol. The van der Waals surface area contributed by atoms with Crippen molar-refractivity contribution >= 4 is 22.7 Å². The summed E-state index contributed by atoms with van der Waals surface area (Å²) in [4.78, 5) is 3.78. The van der Waals surface area contributed by atoms with E-state index in [1.165, 1.54) is 16.1 Å². The fraction of sp³-hybridized carbons (Fsp3) is 0.333. The highest BCUT2D eigenvalue weighted by Crippen LogP contribution is 2.27. The number of nitrogen functional groups attached to an aromatic ring is 1. The fourth-order valence-electron chi connectivity index (χ4n) is 2.05. The second-order valence-corrected chi connectivity index (χ2v) is 5.88. The molecule has 18 heavy (non-hydrogen) atoms. The van der Waals surface area contributed by atoms with Crippen molar-refractivity contribution in [3.8, 4) is 0 Å². The zero-order chi connectivity index (χ0) is 13.1. The highest BCUT2D eigenvalue weighted by Gasteiger charge is 2.14. The summed E-state index contributed by atoms with van der Waals surface area (Å²) in [5.41, 5.74) is 9.25. The first-order valence-corrected chi connectivity index (χ1v) is 7.11.